The minimum absolute atomic E-state index is 0.0154. The second-order valence-electron chi connectivity index (χ2n) is 7.42. The topological polar surface area (TPSA) is 45.2 Å². The normalized spacial score (nSPS) is 25.7. The van der Waals surface area contributed by atoms with Gasteiger partial charge in [-0.1, -0.05) is 30.2 Å². The zero-order valence-electron chi connectivity index (χ0n) is 14.8. The number of amides is 1. The Kier molecular flexibility index (Phi) is 5.23. The zero-order chi connectivity index (χ0) is 17.9. The highest BCUT2D eigenvalue weighted by molar-refractivity contribution is 6.30. The Labute approximate surface area is 159 Å². The molecule has 0 spiro atoms. The monoisotopic (exact) mass is 369 g/mol. The SMILES string of the molecule is O=C(NC1CC2CCCC(C1)N2Cc1ccc(Cl)cc1)c1ccncc1. The summed E-state index contributed by atoms with van der Waals surface area (Å²) in [6.45, 7) is 0.970. The van der Waals surface area contributed by atoms with E-state index in [1.165, 1.54) is 24.8 Å². The Bertz CT molecular complexity index is 736. The van der Waals surface area contributed by atoms with E-state index in [1.807, 2.05) is 12.1 Å². The number of pyridine rings is 1. The van der Waals surface area contributed by atoms with E-state index < -0.39 is 0 Å². The van der Waals surface area contributed by atoms with Crippen LogP contribution in [0.3, 0.4) is 0 Å². The summed E-state index contributed by atoms with van der Waals surface area (Å²) in [5.74, 6) is 0.0154. The smallest absolute Gasteiger partial charge is 0.251 e. The van der Waals surface area contributed by atoms with Gasteiger partial charge in [0.2, 0.25) is 0 Å². The fraction of sp³-hybridized carbons (Fsp3) is 0.429. The number of nitrogens with zero attached hydrogens (tertiary/aromatic N) is 2. The number of benzene rings is 1. The van der Waals surface area contributed by atoms with Gasteiger partial charge in [-0.3, -0.25) is 14.7 Å². The first kappa shape index (κ1) is 17.5. The molecule has 26 heavy (non-hydrogen) atoms. The van der Waals surface area contributed by atoms with Crippen molar-refractivity contribution in [2.24, 2.45) is 0 Å². The molecule has 1 aromatic carbocycles. The summed E-state index contributed by atoms with van der Waals surface area (Å²) < 4.78 is 0. The lowest BCUT2D eigenvalue weighted by atomic mass is 9.81. The first-order chi connectivity index (χ1) is 12.7. The predicted octanol–water partition coefficient (Wildman–Crippen LogP) is 4.05. The summed E-state index contributed by atoms with van der Waals surface area (Å²) in [7, 11) is 0. The first-order valence-corrected chi connectivity index (χ1v) is 9.78. The molecule has 0 saturated carbocycles. The molecule has 2 bridgehead atoms. The lowest BCUT2D eigenvalue weighted by Crippen LogP contribution is -2.56. The van der Waals surface area contributed by atoms with E-state index in [2.05, 4.69) is 27.3 Å². The molecule has 1 amide bonds. The number of halogens is 1. The Morgan fingerprint density at radius 1 is 1.08 bits per heavy atom. The van der Waals surface area contributed by atoms with Crippen molar-refractivity contribution in [3.63, 3.8) is 0 Å². The number of hydrogen-bond acceptors (Lipinski definition) is 3. The fourth-order valence-corrected chi connectivity index (χ4v) is 4.55. The first-order valence-electron chi connectivity index (χ1n) is 9.40. The van der Waals surface area contributed by atoms with Crippen LogP contribution in [0.2, 0.25) is 5.02 Å². The average Bonchev–Trinajstić information content (AvgIpc) is 2.65. The van der Waals surface area contributed by atoms with Crippen molar-refractivity contribution in [2.45, 2.75) is 56.8 Å². The summed E-state index contributed by atoms with van der Waals surface area (Å²) in [5, 5.41) is 4.03. The number of fused-ring (bicyclic) bond motifs is 2. The van der Waals surface area contributed by atoms with Crippen LogP contribution in [0.15, 0.2) is 48.8 Å². The minimum Gasteiger partial charge on any atom is -0.349 e. The molecule has 5 heteroatoms. The Morgan fingerprint density at radius 3 is 2.38 bits per heavy atom. The van der Waals surface area contributed by atoms with E-state index >= 15 is 0 Å². The van der Waals surface area contributed by atoms with Crippen LogP contribution in [0.1, 0.15) is 48.0 Å². The van der Waals surface area contributed by atoms with Gasteiger partial charge < -0.3 is 5.32 Å². The number of piperidine rings is 2. The molecule has 4 rings (SSSR count). The lowest BCUT2D eigenvalue weighted by Gasteiger charge is -2.49. The molecule has 4 nitrogen and oxygen atoms in total. The molecular weight excluding hydrogens is 346 g/mol. The quantitative estimate of drug-likeness (QED) is 0.884. The van der Waals surface area contributed by atoms with Crippen molar-refractivity contribution in [2.75, 3.05) is 0 Å². The number of hydrogen-bond donors (Lipinski definition) is 1. The molecule has 2 aromatic rings. The van der Waals surface area contributed by atoms with Gasteiger partial charge in [0.1, 0.15) is 0 Å². The summed E-state index contributed by atoms with van der Waals surface area (Å²) in [6.07, 6.45) is 9.10. The zero-order valence-corrected chi connectivity index (χ0v) is 15.5. The van der Waals surface area contributed by atoms with Gasteiger partial charge in [-0.25, -0.2) is 0 Å². The van der Waals surface area contributed by atoms with Crippen LogP contribution < -0.4 is 5.32 Å². The molecule has 1 aromatic heterocycles. The van der Waals surface area contributed by atoms with Crippen LogP contribution in [0, 0.1) is 0 Å². The summed E-state index contributed by atoms with van der Waals surface area (Å²) in [6, 6.07) is 13.1. The second-order valence-corrected chi connectivity index (χ2v) is 7.85. The van der Waals surface area contributed by atoms with Gasteiger partial charge >= 0.3 is 0 Å². The van der Waals surface area contributed by atoms with E-state index in [4.69, 9.17) is 11.6 Å². The van der Waals surface area contributed by atoms with Crippen LogP contribution in [0.4, 0.5) is 0 Å². The van der Waals surface area contributed by atoms with Crippen LogP contribution in [-0.2, 0) is 6.54 Å². The van der Waals surface area contributed by atoms with Crippen LogP contribution in [-0.4, -0.2) is 33.9 Å². The van der Waals surface area contributed by atoms with Crippen LogP contribution >= 0.6 is 11.6 Å². The Balaban J connectivity index is 1.41. The van der Waals surface area contributed by atoms with Gasteiger partial charge in [-0.15, -0.1) is 0 Å². The van der Waals surface area contributed by atoms with Gasteiger partial charge in [0.15, 0.2) is 0 Å². The van der Waals surface area contributed by atoms with E-state index in [-0.39, 0.29) is 11.9 Å². The van der Waals surface area contributed by atoms with Crippen molar-refractivity contribution in [1.29, 1.82) is 0 Å². The predicted molar refractivity (Wildman–Crippen MR) is 103 cm³/mol. The molecule has 2 saturated heterocycles. The molecule has 2 unspecified atom stereocenters. The van der Waals surface area contributed by atoms with Crippen molar-refractivity contribution in [1.82, 2.24) is 15.2 Å². The van der Waals surface area contributed by atoms with Crippen LogP contribution in [0.25, 0.3) is 0 Å². The third kappa shape index (κ3) is 3.92. The standard InChI is InChI=1S/C21H24ClN3O/c22-17-6-4-15(5-7-17)14-25-19-2-1-3-20(25)13-18(12-19)24-21(26)16-8-10-23-11-9-16/h4-11,18-20H,1-3,12-14H2,(H,24,26). The maximum absolute atomic E-state index is 12.5. The van der Waals surface area contributed by atoms with Crippen molar-refractivity contribution in [3.8, 4) is 0 Å². The van der Waals surface area contributed by atoms with Gasteiger partial charge in [0.05, 0.1) is 0 Å². The molecular formula is C21H24ClN3O. The highest BCUT2D eigenvalue weighted by Crippen LogP contribution is 2.35. The Morgan fingerprint density at radius 2 is 1.73 bits per heavy atom. The maximum Gasteiger partial charge on any atom is 0.251 e. The minimum atomic E-state index is 0.0154. The maximum atomic E-state index is 12.5. The fourth-order valence-electron chi connectivity index (χ4n) is 4.43. The summed E-state index contributed by atoms with van der Waals surface area (Å²) >= 11 is 6.01. The van der Waals surface area contributed by atoms with E-state index in [1.54, 1.807) is 24.5 Å². The highest BCUT2D eigenvalue weighted by atomic mass is 35.5. The molecule has 0 aliphatic carbocycles. The molecule has 2 aliphatic rings. The van der Waals surface area contributed by atoms with Crippen molar-refractivity contribution >= 4 is 17.5 Å². The molecule has 1 N–H and O–H groups in total. The average molecular weight is 370 g/mol. The second kappa shape index (κ2) is 7.77. The summed E-state index contributed by atoms with van der Waals surface area (Å²) in [5.41, 5.74) is 2.00. The third-order valence-electron chi connectivity index (χ3n) is 5.68. The highest BCUT2D eigenvalue weighted by Gasteiger charge is 2.38. The molecule has 2 aliphatic heterocycles. The van der Waals surface area contributed by atoms with Gasteiger partial charge in [-0.05, 0) is 55.5 Å². The molecule has 0 radical (unpaired) electrons. The molecule has 3 heterocycles. The van der Waals surface area contributed by atoms with Crippen LogP contribution in [0.5, 0.6) is 0 Å². The van der Waals surface area contributed by atoms with Gasteiger partial charge in [-0.2, -0.15) is 0 Å². The largest absolute Gasteiger partial charge is 0.349 e. The number of rotatable bonds is 4. The number of carbonyl (C=O) groups excluding carboxylic acids is 1. The van der Waals surface area contributed by atoms with E-state index in [9.17, 15) is 4.79 Å². The number of carbonyl (C=O) groups is 1. The third-order valence-corrected chi connectivity index (χ3v) is 5.93. The number of nitrogens with one attached hydrogen (secondary N) is 1. The van der Waals surface area contributed by atoms with Crippen molar-refractivity contribution in [3.05, 3.63) is 64.9 Å². The molecule has 2 atom stereocenters. The van der Waals surface area contributed by atoms with Gasteiger partial charge in [0, 0.05) is 47.7 Å². The van der Waals surface area contributed by atoms with Gasteiger partial charge in [0.25, 0.3) is 5.91 Å². The van der Waals surface area contributed by atoms with Crippen molar-refractivity contribution < 1.29 is 4.79 Å². The molecule has 136 valence electrons. The lowest BCUT2D eigenvalue weighted by molar-refractivity contribution is 0.0177. The Hall–Kier alpha value is -1.91. The van der Waals surface area contributed by atoms with E-state index in [0.717, 1.165) is 24.4 Å². The van der Waals surface area contributed by atoms with E-state index in [0.29, 0.717) is 17.6 Å². The number of aromatic nitrogens is 1. The summed E-state index contributed by atoms with van der Waals surface area (Å²) in [4.78, 5) is 19.1. The molecule has 2 fully saturated rings.